The Morgan fingerprint density at radius 3 is 2.42 bits per heavy atom. The summed E-state index contributed by atoms with van der Waals surface area (Å²) in [6, 6.07) is 11.6. The predicted octanol–water partition coefficient (Wildman–Crippen LogP) is 4.27. The van der Waals surface area contributed by atoms with Gasteiger partial charge in [0, 0.05) is 36.6 Å². The highest BCUT2D eigenvalue weighted by molar-refractivity contribution is 7.89. The van der Waals surface area contributed by atoms with Crippen LogP contribution in [0.5, 0.6) is 0 Å². The Labute approximate surface area is 195 Å². The van der Waals surface area contributed by atoms with Gasteiger partial charge in [-0.25, -0.2) is 13.2 Å². The molecule has 1 N–H and O–H groups in total. The van der Waals surface area contributed by atoms with Gasteiger partial charge in [-0.15, -0.1) is 0 Å². The fourth-order valence-electron chi connectivity index (χ4n) is 3.77. The third-order valence-electron chi connectivity index (χ3n) is 5.29. The zero-order chi connectivity index (χ0) is 24.4. The van der Waals surface area contributed by atoms with Crippen LogP contribution in [0.1, 0.15) is 50.5 Å². The van der Waals surface area contributed by atoms with Crippen LogP contribution in [0.25, 0.3) is 0 Å². The van der Waals surface area contributed by atoms with Crippen molar-refractivity contribution in [1.29, 1.82) is 0 Å². The third kappa shape index (κ3) is 5.54. The molecule has 178 valence electrons. The van der Waals surface area contributed by atoms with E-state index < -0.39 is 21.7 Å². The lowest BCUT2D eigenvalue weighted by Gasteiger charge is -2.21. The minimum absolute atomic E-state index is 0.221. The van der Waals surface area contributed by atoms with E-state index in [1.165, 1.54) is 4.31 Å². The van der Waals surface area contributed by atoms with Crippen LogP contribution < -0.4 is 10.2 Å². The number of benzene rings is 2. The van der Waals surface area contributed by atoms with E-state index in [2.05, 4.69) is 5.32 Å². The van der Waals surface area contributed by atoms with E-state index in [0.717, 1.165) is 5.56 Å². The number of amides is 2. The molecule has 1 aliphatic rings. The molecule has 3 rings (SSSR count). The quantitative estimate of drug-likeness (QED) is 0.676. The molecule has 0 radical (unpaired) electrons. The van der Waals surface area contributed by atoms with Gasteiger partial charge in [-0.1, -0.05) is 19.9 Å². The van der Waals surface area contributed by atoms with Crippen molar-refractivity contribution in [2.24, 2.45) is 0 Å². The van der Waals surface area contributed by atoms with Crippen molar-refractivity contribution in [2.75, 3.05) is 29.9 Å². The Morgan fingerprint density at radius 2 is 1.79 bits per heavy atom. The normalized spacial score (nSPS) is 13.7. The topological polar surface area (TPSA) is 96.0 Å². The predicted molar refractivity (Wildman–Crippen MR) is 128 cm³/mol. The highest BCUT2D eigenvalue weighted by Crippen LogP contribution is 2.32. The number of fused-ring (bicyclic) bond motifs is 1. The second-order valence-electron chi connectivity index (χ2n) is 8.79. The molecule has 0 saturated carbocycles. The van der Waals surface area contributed by atoms with Crippen LogP contribution in [0.15, 0.2) is 47.4 Å². The van der Waals surface area contributed by atoms with E-state index in [0.29, 0.717) is 43.0 Å². The lowest BCUT2D eigenvalue weighted by Crippen LogP contribution is -2.31. The van der Waals surface area contributed by atoms with E-state index in [4.69, 9.17) is 4.74 Å². The molecule has 0 spiro atoms. The number of nitrogens with zero attached hydrogens (tertiary/aromatic N) is 2. The summed E-state index contributed by atoms with van der Waals surface area (Å²) >= 11 is 0. The molecule has 0 atom stereocenters. The summed E-state index contributed by atoms with van der Waals surface area (Å²) in [7, 11) is -3.57. The van der Waals surface area contributed by atoms with Crippen molar-refractivity contribution in [1.82, 2.24) is 4.31 Å². The molecule has 0 unspecified atom stereocenters. The highest BCUT2D eigenvalue weighted by Gasteiger charge is 2.29. The molecule has 2 amide bonds. The molecule has 0 aromatic heterocycles. The first-order valence-electron chi connectivity index (χ1n) is 11.0. The molecule has 8 nitrogen and oxygen atoms in total. The van der Waals surface area contributed by atoms with Gasteiger partial charge in [-0.2, -0.15) is 4.31 Å². The van der Waals surface area contributed by atoms with E-state index >= 15 is 0 Å². The standard InChI is InChI=1S/C24H31N3O5S/c1-6-26(7-2)33(30,31)20-11-12-21-17(16-20)13-14-27(21)22(28)18-9-8-10-19(15-18)25-23(29)32-24(3,4)5/h8-12,15-16H,6-7,13-14H2,1-5H3,(H,25,29). The van der Waals surface area contributed by atoms with E-state index in [1.54, 1.807) is 82.0 Å². The zero-order valence-electron chi connectivity index (χ0n) is 19.7. The molecule has 1 heterocycles. The second kappa shape index (κ2) is 9.52. The van der Waals surface area contributed by atoms with Crippen LogP contribution in [-0.4, -0.2) is 50.0 Å². The Hall–Kier alpha value is -2.91. The lowest BCUT2D eigenvalue weighted by atomic mass is 10.1. The Morgan fingerprint density at radius 1 is 1.09 bits per heavy atom. The van der Waals surface area contributed by atoms with Gasteiger partial charge in [-0.3, -0.25) is 10.1 Å². The maximum Gasteiger partial charge on any atom is 0.412 e. The summed E-state index contributed by atoms with van der Waals surface area (Å²) in [5.41, 5.74) is 1.75. The summed E-state index contributed by atoms with van der Waals surface area (Å²) in [6.07, 6.45) is -0.0287. The monoisotopic (exact) mass is 473 g/mol. The van der Waals surface area contributed by atoms with Gasteiger partial charge in [0.2, 0.25) is 10.0 Å². The van der Waals surface area contributed by atoms with Crippen molar-refractivity contribution in [3.63, 3.8) is 0 Å². The fourth-order valence-corrected chi connectivity index (χ4v) is 5.28. The molecule has 2 aromatic carbocycles. The van der Waals surface area contributed by atoms with Gasteiger partial charge in [-0.05, 0) is 69.2 Å². The average Bonchev–Trinajstić information content (AvgIpc) is 3.16. The minimum Gasteiger partial charge on any atom is -0.444 e. The summed E-state index contributed by atoms with van der Waals surface area (Å²) in [5, 5.41) is 2.65. The number of hydrogen-bond donors (Lipinski definition) is 1. The van der Waals surface area contributed by atoms with Crippen molar-refractivity contribution < 1.29 is 22.7 Å². The van der Waals surface area contributed by atoms with Crippen molar-refractivity contribution in [3.05, 3.63) is 53.6 Å². The second-order valence-corrected chi connectivity index (χ2v) is 10.7. The molecule has 9 heteroatoms. The Bertz CT molecular complexity index is 1150. The number of sulfonamides is 1. The molecule has 33 heavy (non-hydrogen) atoms. The van der Waals surface area contributed by atoms with E-state index in [-0.39, 0.29) is 10.8 Å². The lowest BCUT2D eigenvalue weighted by molar-refractivity contribution is 0.0635. The number of ether oxygens (including phenoxy) is 1. The SMILES string of the molecule is CCN(CC)S(=O)(=O)c1ccc2c(c1)CCN2C(=O)c1cccc(NC(=O)OC(C)(C)C)c1. The maximum absolute atomic E-state index is 13.2. The molecular weight excluding hydrogens is 442 g/mol. The van der Waals surface area contributed by atoms with Crippen LogP contribution in [-0.2, 0) is 21.2 Å². The molecule has 0 fully saturated rings. The summed E-state index contributed by atoms with van der Waals surface area (Å²) in [5.74, 6) is -0.221. The van der Waals surface area contributed by atoms with Gasteiger partial charge in [0.15, 0.2) is 0 Å². The van der Waals surface area contributed by atoms with Crippen molar-refractivity contribution in [3.8, 4) is 0 Å². The van der Waals surface area contributed by atoms with Gasteiger partial charge in [0.05, 0.1) is 4.90 Å². The number of anilines is 2. The number of carbonyl (C=O) groups is 2. The Kier molecular flexibility index (Phi) is 7.14. The molecule has 0 aliphatic carbocycles. The summed E-state index contributed by atoms with van der Waals surface area (Å²) in [6.45, 7) is 10.2. The fraction of sp³-hybridized carbons (Fsp3) is 0.417. The van der Waals surface area contributed by atoms with E-state index in [9.17, 15) is 18.0 Å². The maximum atomic E-state index is 13.2. The van der Waals surface area contributed by atoms with Gasteiger partial charge in [0.25, 0.3) is 5.91 Å². The first-order chi connectivity index (χ1) is 15.5. The van der Waals surface area contributed by atoms with Crippen molar-refractivity contribution >= 4 is 33.4 Å². The number of nitrogens with one attached hydrogen (secondary N) is 1. The molecule has 2 aromatic rings. The number of hydrogen-bond acceptors (Lipinski definition) is 5. The zero-order valence-corrected chi connectivity index (χ0v) is 20.5. The van der Waals surface area contributed by atoms with Crippen molar-refractivity contribution in [2.45, 2.75) is 51.5 Å². The smallest absolute Gasteiger partial charge is 0.412 e. The van der Waals surface area contributed by atoms with Gasteiger partial charge in [0.1, 0.15) is 5.60 Å². The first-order valence-corrected chi connectivity index (χ1v) is 12.4. The molecule has 0 saturated heterocycles. The average molecular weight is 474 g/mol. The number of rotatable bonds is 6. The van der Waals surface area contributed by atoms with Crippen LogP contribution in [0.4, 0.5) is 16.2 Å². The van der Waals surface area contributed by atoms with Gasteiger partial charge >= 0.3 is 6.09 Å². The molecule has 1 aliphatic heterocycles. The van der Waals surface area contributed by atoms with E-state index in [1.807, 2.05) is 0 Å². The first kappa shape index (κ1) is 24.7. The molecule has 0 bridgehead atoms. The van der Waals surface area contributed by atoms with Crippen LogP contribution >= 0.6 is 0 Å². The van der Waals surface area contributed by atoms with Gasteiger partial charge < -0.3 is 9.64 Å². The number of carbonyl (C=O) groups excluding carboxylic acids is 2. The summed E-state index contributed by atoms with van der Waals surface area (Å²) < 4.78 is 32.4. The minimum atomic E-state index is -3.57. The largest absolute Gasteiger partial charge is 0.444 e. The highest BCUT2D eigenvalue weighted by atomic mass is 32.2. The molecular formula is C24H31N3O5S. The summed E-state index contributed by atoms with van der Waals surface area (Å²) in [4.78, 5) is 27.1. The third-order valence-corrected chi connectivity index (χ3v) is 7.34. The van der Waals surface area contributed by atoms with Crippen LogP contribution in [0, 0.1) is 0 Å². The van der Waals surface area contributed by atoms with Crippen LogP contribution in [0.2, 0.25) is 0 Å². The Balaban J connectivity index is 1.81. The van der Waals surface area contributed by atoms with Crippen LogP contribution in [0.3, 0.4) is 0 Å².